The number of carbonyl (C=O) groups excluding carboxylic acids is 1. The predicted octanol–water partition coefficient (Wildman–Crippen LogP) is 1.35. The number of aromatic amines is 1. The average Bonchev–Trinajstić information content (AvgIpc) is 3.09. The van der Waals surface area contributed by atoms with Crippen LogP contribution in [0.5, 0.6) is 0 Å². The maximum absolute atomic E-state index is 13.3. The van der Waals surface area contributed by atoms with Crippen molar-refractivity contribution in [2.45, 2.75) is 4.90 Å². The van der Waals surface area contributed by atoms with Crippen LogP contribution in [0.15, 0.2) is 47.5 Å². The van der Waals surface area contributed by atoms with Gasteiger partial charge in [-0.2, -0.15) is 4.31 Å². The highest BCUT2D eigenvalue weighted by atomic mass is 32.2. The van der Waals surface area contributed by atoms with E-state index in [9.17, 15) is 13.2 Å². The summed E-state index contributed by atoms with van der Waals surface area (Å²) < 4.78 is 33.1. The highest BCUT2D eigenvalue weighted by molar-refractivity contribution is 7.89. The van der Waals surface area contributed by atoms with E-state index in [1.807, 2.05) is 18.2 Å². The molecule has 9 heteroatoms. The molecule has 1 aliphatic heterocycles. The Kier molecular flexibility index (Phi) is 4.42. The van der Waals surface area contributed by atoms with Crippen molar-refractivity contribution in [3.05, 3.63) is 48.3 Å². The number of carbonyl (C=O) groups is 1. The molecular weight excluding hydrogens is 368 g/mol. The summed E-state index contributed by atoms with van der Waals surface area (Å²) in [6.07, 6.45) is 1.66. The Morgan fingerprint density at radius 3 is 2.63 bits per heavy atom. The number of morpholine rings is 1. The average molecular weight is 386 g/mol. The number of pyridine rings is 1. The first-order valence-corrected chi connectivity index (χ1v) is 9.87. The third kappa shape index (κ3) is 3.09. The number of nitrogens with zero attached hydrogens (tertiary/aromatic N) is 2. The molecule has 0 bridgehead atoms. The molecule has 8 nitrogen and oxygen atoms in total. The smallest absolute Gasteiger partial charge is 0.266 e. The molecule has 1 saturated heterocycles. The maximum Gasteiger partial charge on any atom is 0.266 e. The number of ether oxygens (including phenoxy) is 1. The lowest BCUT2D eigenvalue weighted by atomic mass is 10.1. The lowest BCUT2D eigenvalue weighted by Gasteiger charge is -2.26. The van der Waals surface area contributed by atoms with Crippen LogP contribution in [-0.4, -0.2) is 54.9 Å². The summed E-state index contributed by atoms with van der Waals surface area (Å²) in [7, 11) is -3.92. The molecule has 4 rings (SSSR count). The van der Waals surface area contributed by atoms with Crippen LogP contribution >= 0.6 is 0 Å². The van der Waals surface area contributed by atoms with Gasteiger partial charge in [-0.05, 0) is 24.3 Å². The van der Waals surface area contributed by atoms with Gasteiger partial charge in [-0.15, -0.1) is 0 Å². The van der Waals surface area contributed by atoms with Crippen LogP contribution < -0.4 is 5.73 Å². The summed E-state index contributed by atoms with van der Waals surface area (Å²) >= 11 is 0. The number of nitrogens with one attached hydrogen (secondary N) is 1. The molecule has 3 heterocycles. The minimum atomic E-state index is -3.92. The fourth-order valence-electron chi connectivity index (χ4n) is 3.22. The van der Waals surface area contributed by atoms with E-state index in [4.69, 9.17) is 10.5 Å². The van der Waals surface area contributed by atoms with Crippen LogP contribution in [-0.2, 0) is 14.8 Å². The van der Waals surface area contributed by atoms with E-state index in [1.54, 1.807) is 24.4 Å². The Morgan fingerprint density at radius 1 is 1.19 bits per heavy atom. The molecule has 3 aromatic rings. The molecule has 140 valence electrons. The SMILES string of the molecule is NC(=O)c1[nH]c2ccc(-c3ccccn3)cc2c1S(=O)(=O)N1CCOCC1. The van der Waals surface area contributed by atoms with Gasteiger partial charge in [0.1, 0.15) is 10.6 Å². The third-order valence-corrected chi connectivity index (χ3v) is 6.51. The van der Waals surface area contributed by atoms with E-state index in [-0.39, 0.29) is 23.7 Å². The second-order valence-electron chi connectivity index (χ2n) is 6.19. The summed E-state index contributed by atoms with van der Waals surface area (Å²) in [5.74, 6) is -0.822. The summed E-state index contributed by atoms with van der Waals surface area (Å²) in [4.78, 5) is 19.0. The van der Waals surface area contributed by atoms with Gasteiger partial charge >= 0.3 is 0 Å². The Bertz CT molecular complexity index is 1100. The Hall–Kier alpha value is -2.75. The van der Waals surface area contributed by atoms with Gasteiger partial charge in [-0.1, -0.05) is 12.1 Å². The summed E-state index contributed by atoms with van der Waals surface area (Å²) in [5.41, 5.74) is 7.32. The van der Waals surface area contributed by atoms with E-state index in [2.05, 4.69) is 9.97 Å². The van der Waals surface area contributed by atoms with E-state index in [1.165, 1.54) is 4.31 Å². The molecule has 1 aromatic carbocycles. The van der Waals surface area contributed by atoms with Crippen molar-refractivity contribution in [2.75, 3.05) is 26.3 Å². The van der Waals surface area contributed by atoms with Gasteiger partial charge < -0.3 is 15.5 Å². The van der Waals surface area contributed by atoms with Gasteiger partial charge in [0, 0.05) is 35.8 Å². The van der Waals surface area contributed by atoms with Gasteiger partial charge in [0.15, 0.2) is 0 Å². The molecule has 0 spiro atoms. The molecule has 0 saturated carbocycles. The maximum atomic E-state index is 13.3. The molecule has 1 amide bonds. The van der Waals surface area contributed by atoms with Crippen LogP contribution in [0.1, 0.15) is 10.5 Å². The fraction of sp³-hybridized carbons (Fsp3) is 0.222. The second-order valence-corrected chi connectivity index (χ2v) is 8.06. The van der Waals surface area contributed by atoms with E-state index in [0.29, 0.717) is 29.8 Å². The van der Waals surface area contributed by atoms with Crippen LogP contribution in [0.3, 0.4) is 0 Å². The first-order chi connectivity index (χ1) is 13.0. The van der Waals surface area contributed by atoms with E-state index in [0.717, 1.165) is 5.56 Å². The lowest BCUT2D eigenvalue weighted by molar-refractivity contribution is 0.0730. The minimum Gasteiger partial charge on any atom is -0.379 e. The van der Waals surface area contributed by atoms with Crippen molar-refractivity contribution in [3.63, 3.8) is 0 Å². The molecule has 2 aromatic heterocycles. The fourth-order valence-corrected chi connectivity index (χ4v) is 4.96. The quantitative estimate of drug-likeness (QED) is 0.702. The molecule has 0 aliphatic carbocycles. The number of primary amides is 1. The second kappa shape index (κ2) is 6.76. The number of sulfonamides is 1. The van der Waals surface area contributed by atoms with E-state index < -0.39 is 15.9 Å². The topological polar surface area (TPSA) is 118 Å². The lowest BCUT2D eigenvalue weighted by Crippen LogP contribution is -2.41. The number of nitrogens with two attached hydrogens (primary N) is 1. The predicted molar refractivity (Wildman–Crippen MR) is 99.6 cm³/mol. The number of benzene rings is 1. The first kappa shape index (κ1) is 17.7. The van der Waals surface area contributed by atoms with Crippen molar-refractivity contribution in [1.29, 1.82) is 0 Å². The molecule has 0 radical (unpaired) electrons. The Morgan fingerprint density at radius 2 is 1.96 bits per heavy atom. The van der Waals surface area contributed by atoms with E-state index >= 15 is 0 Å². The third-order valence-electron chi connectivity index (χ3n) is 4.53. The number of rotatable bonds is 4. The first-order valence-electron chi connectivity index (χ1n) is 8.43. The zero-order chi connectivity index (χ0) is 19.0. The van der Waals surface area contributed by atoms with Gasteiger partial charge in [-0.3, -0.25) is 9.78 Å². The van der Waals surface area contributed by atoms with Crippen molar-refractivity contribution >= 4 is 26.8 Å². The number of fused-ring (bicyclic) bond motifs is 1. The van der Waals surface area contributed by atoms with Crippen molar-refractivity contribution in [2.24, 2.45) is 5.73 Å². The van der Waals surface area contributed by atoms with Crippen molar-refractivity contribution < 1.29 is 17.9 Å². The highest BCUT2D eigenvalue weighted by Crippen LogP contribution is 2.32. The van der Waals surface area contributed by atoms with Crippen LogP contribution in [0, 0.1) is 0 Å². The van der Waals surface area contributed by atoms with Gasteiger partial charge in [-0.25, -0.2) is 8.42 Å². The molecule has 0 atom stereocenters. The molecule has 1 aliphatic rings. The molecular formula is C18H18N4O4S. The molecule has 27 heavy (non-hydrogen) atoms. The summed E-state index contributed by atoms with van der Waals surface area (Å²) in [6.45, 7) is 1.08. The van der Waals surface area contributed by atoms with Crippen molar-refractivity contribution in [1.82, 2.24) is 14.3 Å². The number of hydrogen-bond acceptors (Lipinski definition) is 5. The largest absolute Gasteiger partial charge is 0.379 e. The van der Waals surface area contributed by atoms with Gasteiger partial charge in [0.25, 0.3) is 5.91 Å². The zero-order valence-corrected chi connectivity index (χ0v) is 15.2. The minimum absolute atomic E-state index is 0.0929. The summed E-state index contributed by atoms with van der Waals surface area (Å²) in [6, 6.07) is 10.7. The monoisotopic (exact) mass is 386 g/mol. The standard InChI is InChI=1S/C18H18N4O4S/c19-18(23)16-17(27(24,25)22-7-9-26-10-8-22)13-11-12(4-5-15(13)21-16)14-3-1-2-6-20-14/h1-6,11,21H,7-10H2,(H2,19,23). The van der Waals surface area contributed by atoms with Crippen molar-refractivity contribution in [3.8, 4) is 11.3 Å². The van der Waals surface area contributed by atoms with Crippen LogP contribution in [0.4, 0.5) is 0 Å². The molecule has 0 unspecified atom stereocenters. The van der Waals surface area contributed by atoms with Crippen LogP contribution in [0.2, 0.25) is 0 Å². The Balaban J connectivity index is 1.94. The van der Waals surface area contributed by atoms with Crippen LogP contribution in [0.25, 0.3) is 22.2 Å². The summed E-state index contributed by atoms with van der Waals surface area (Å²) in [5, 5.41) is 0.415. The number of hydrogen-bond donors (Lipinski definition) is 2. The zero-order valence-electron chi connectivity index (χ0n) is 14.4. The van der Waals surface area contributed by atoms with Gasteiger partial charge in [0.05, 0.1) is 18.9 Å². The number of aromatic nitrogens is 2. The molecule has 1 fully saturated rings. The highest BCUT2D eigenvalue weighted by Gasteiger charge is 2.33. The number of amides is 1. The van der Waals surface area contributed by atoms with Gasteiger partial charge in [0.2, 0.25) is 10.0 Å². The number of H-pyrrole nitrogens is 1. The Labute approximate surface area is 156 Å². The molecule has 3 N–H and O–H groups in total. The normalized spacial score (nSPS) is 15.9.